The molecule has 8 nitrogen and oxygen atoms in total. The van der Waals surface area contributed by atoms with Crippen molar-refractivity contribution >= 4 is 27.9 Å². The van der Waals surface area contributed by atoms with E-state index < -0.39 is 0 Å². The molecule has 9 heteroatoms. The van der Waals surface area contributed by atoms with Gasteiger partial charge in [0.1, 0.15) is 22.8 Å². The van der Waals surface area contributed by atoms with Crippen molar-refractivity contribution in [2.45, 2.75) is 13.3 Å². The fourth-order valence-electron chi connectivity index (χ4n) is 2.73. The van der Waals surface area contributed by atoms with Gasteiger partial charge in [0, 0.05) is 11.1 Å². The molecule has 0 spiro atoms. The minimum atomic E-state index is -0.236. The molecule has 0 fully saturated rings. The van der Waals surface area contributed by atoms with Gasteiger partial charge in [-0.05, 0) is 48.9 Å². The highest BCUT2D eigenvalue weighted by Gasteiger charge is 2.14. The molecule has 1 amide bonds. The van der Waals surface area contributed by atoms with E-state index in [1.807, 2.05) is 19.1 Å². The van der Waals surface area contributed by atoms with Crippen molar-refractivity contribution < 1.29 is 14.3 Å². The molecule has 0 aliphatic heterocycles. The number of hydrogen-bond acceptors (Lipinski definition) is 7. The molecule has 0 aliphatic rings. The Hall–Kier alpha value is -3.46. The monoisotopic (exact) mass is 409 g/mol. The van der Waals surface area contributed by atoms with Crippen LogP contribution in [0.3, 0.4) is 0 Å². The van der Waals surface area contributed by atoms with Crippen LogP contribution in [0.25, 0.3) is 15.5 Å². The number of benzene rings is 2. The van der Waals surface area contributed by atoms with Gasteiger partial charge in [-0.1, -0.05) is 18.3 Å². The maximum absolute atomic E-state index is 12.7. The predicted molar refractivity (Wildman–Crippen MR) is 111 cm³/mol. The normalized spacial score (nSPS) is 10.8. The zero-order chi connectivity index (χ0) is 20.2. The first kappa shape index (κ1) is 18.9. The Morgan fingerprint density at radius 2 is 2.03 bits per heavy atom. The molecule has 0 saturated heterocycles. The summed E-state index contributed by atoms with van der Waals surface area (Å²) >= 11 is 1.41. The summed E-state index contributed by atoms with van der Waals surface area (Å²) in [5, 5.41) is 15.9. The van der Waals surface area contributed by atoms with E-state index >= 15 is 0 Å². The number of nitrogens with zero attached hydrogens (tertiary/aromatic N) is 4. The zero-order valence-corrected chi connectivity index (χ0v) is 16.8. The molecule has 148 valence electrons. The molecule has 29 heavy (non-hydrogen) atoms. The smallest absolute Gasteiger partial charge is 0.255 e. The summed E-state index contributed by atoms with van der Waals surface area (Å²) in [5.41, 5.74) is 1.94. The number of rotatable bonds is 7. The van der Waals surface area contributed by atoms with Crippen molar-refractivity contribution in [3.05, 3.63) is 54.4 Å². The van der Waals surface area contributed by atoms with Crippen LogP contribution < -0.4 is 14.8 Å². The molecular formula is C20H19N5O3S. The number of methoxy groups -OCH3 is 1. The van der Waals surface area contributed by atoms with Gasteiger partial charge in [-0.3, -0.25) is 4.79 Å². The van der Waals surface area contributed by atoms with Crippen LogP contribution in [-0.4, -0.2) is 39.4 Å². The summed E-state index contributed by atoms with van der Waals surface area (Å²) in [6, 6.07) is 12.6. The Kier molecular flexibility index (Phi) is 5.39. The second-order valence-electron chi connectivity index (χ2n) is 6.21. The van der Waals surface area contributed by atoms with Gasteiger partial charge in [-0.2, -0.15) is 9.61 Å². The lowest BCUT2D eigenvalue weighted by molar-refractivity contribution is 0.102. The van der Waals surface area contributed by atoms with Gasteiger partial charge in [0.15, 0.2) is 0 Å². The van der Waals surface area contributed by atoms with Crippen LogP contribution in [0.15, 0.2) is 48.8 Å². The van der Waals surface area contributed by atoms with Gasteiger partial charge < -0.3 is 14.8 Å². The minimum Gasteiger partial charge on any atom is -0.495 e. The summed E-state index contributed by atoms with van der Waals surface area (Å²) in [5.74, 6) is 1.07. The molecular weight excluding hydrogens is 390 g/mol. The van der Waals surface area contributed by atoms with Crippen LogP contribution in [0, 0.1) is 0 Å². The SMILES string of the molecule is CCCOc1ccc(C(=O)Nc2cc(-c3nn4cnnc4s3)ccc2OC)cc1. The second kappa shape index (κ2) is 8.27. The first-order valence-electron chi connectivity index (χ1n) is 9.07. The summed E-state index contributed by atoms with van der Waals surface area (Å²) in [6.45, 7) is 2.69. The van der Waals surface area contributed by atoms with E-state index in [1.165, 1.54) is 11.3 Å². The number of nitrogens with one attached hydrogen (secondary N) is 1. The molecule has 4 aromatic rings. The number of hydrogen-bond donors (Lipinski definition) is 1. The Morgan fingerprint density at radius 3 is 2.76 bits per heavy atom. The number of amides is 1. The van der Waals surface area contributed by atoms with Gasteiger partial charge in [-0.25, -0.2) is 0 Å². The largest absolute Gasteiger partial charge is 0.495 e. The number of aromatic nitrogens is 4. The van der Waals surface area contributed by atoms with E-state index in [4.69, 9.17) is 9.47 Å². The third-order valence-electron chi connectivity index (χ3n) is 4.17. The van der Waals surface area contributed by atoms with E-state index in [0.29, 0.717) is 28.6 Å². The summed E-state index contributed by atoms with van der Waals surface area (Å²) < 4.78 is 12.6. The number of ether oxygens (including phenoxy) is 2. The summed E-state index contributed by atoms with van der Waals surface area (Å²) in [7, 11) is 1.56. The molecule has 1 N–H and O–H groups in total. The molecule has 2 aromatic carbocycles. The van der Waals surface area contributed by atoms with Crippen LogP contribution in [0.5, 0.6) is 11.5 Å². The van der Waals surface area contributed by atoms with Crippen LogP contribution in [0.4, 0.5) is 5.69 Å². The first-order chi connectivity index (χ1) is 14.2. The number of anilines is 1. The summed E-state index contributed by atoms with van der Waals surface area (Å²) in [4.78, 5) is 13.4. The molecule has 0 unspecified atom stereocenters. The first-order valence-corrected chi connectivity index (χ1v) is 9.89. The lowest BCUT2D eigenvalue weighted by Crippen LogP contribution is -2.12. The average molecular weight is 409 g/mol. The second-order valence-corrected chi connectivity index (χ2v) is 7.16. The third-order valence-corrected chi connectivity index (χ3v) is 5.13. The fourth-order valence-corrected chi connectivity index (χ4v) is 3.55. The van der Waals surface area contributed by atoms with E-state index in [2.05, 4.69) is 20.6 Å². The van der Waals surface area contributed by atoms with Crippen molar-refractivity contribution in [1.29, 1.82) is 0 Å². The van der Waals surface area contributed by atoms with Gasteiger partial charge in [0.2, 0.25) is 4.96 Å². The van der Waals surface area contributed by atoms with Crippen LogP contribution in [-0.2, 0) is 0 Å². The highest BCUT2D eigenvalue weighted by molar-refractivity contribution is 7.19. The van der Waals surface area contributed by atoms with E-state index in [1.54, 1.807) is 48.3 Å². The maximum atomic E-state index is 12.7. The van der Waals surface area contributed by atoms with E-state index in [0.717, 1.165) is 22.7 Å². The lowest BCUT2D eigenvalue weighted by Gasteiger charge is -2.12. The number of carbonyl (C=O) groups excluding carboxylic acids is 1. The van der Waals surface area contributed by atoms with Crippen molar-refractivity contribution in [3.63, 3.8) is 0 Å². The Balaban J connectivity index is 1.56. The van der Waals surface area contributed by atoms with Crippen molar-refractivity contribution in [3.8, 4) is 22.1 Å². The van der Waals surface area contributed by atoms with Crippen molar-refractivity contribution in [2.24, 2.45) is 0 Å². The Morgan fingerprint density at radius 1 is 1.21 bits per heavy atom. The van der Waals surface area contributed by atoms with Gasteiger partial charge in [-0.15, -0.1) is 10.2 Å². The third kappa shape index (κ3) is 4.04. The standard InChI is InChI=1S/C20H19N5O3S/c1-3-10-28-15-7-4-13(5-8-15)18(26)22-16-11-14(6-9-17(16)27-2)19-24-25-12-21-23-20(25)29-19/h4-9,11-12H,3,10H2,1-2H3,(H,22,26). The quantitative estimate of drug-likeness (QED) is 0.498. The van der Waals surface area contributed by atoms with Gasteiger partial charge in [0.25, 0.3) is 5.91 Å². The van der Waals surface area contributed by atoms with Gasteiger partial charge in [0.05, 0.1) is 19.4 Å². The lowest BCUT2D eigenvalue weighted by atomic mass is 10.1. The summed E-state index contributed by atoms with van der Waals surface area (Å²) in [6.07, 6.45) is 2.48. The fraction of sp³-hybridized carbons (Fsp3) is 0.200. The van der Waals surface area contributed by atoms with E-state index in [9.17, 15) is 4.79 Å². The molecule has 0 bridgehead atoms. The molecule has 0 aliphatic carbocycles. The number of carbonyl (C=O) groups is 1. The highest BCUT2D eigenvalue weighted by atomic mass is 32.1. The van der Waals surface area contributed by atoms with Gasteiger partial charge >= 0.3 is 0 Å². The predicted octanol–water partition coefficient (Wildman–Crippen LogP) is 3.90. The topological polar surface area (TPSA) is 90.6 Å². The van der Waals surface area contributed by atoms with Crippen molar-refractivity contribution in [2.75, 3.05) is 19.0 Å². The molecule has 2 heterocycles. The number of fused-ring (bicyclic) bond motifs is 1. The zero-order valence-electron chi connectivity index (χ0n) is 16.0. The minimum absolute atomic E-state index is 0.236. The van der Waals surface area contributed by atoms with E-state index in [-0.39, 0.29) is 5.91 Å². The molecule has 2 aromatic heterocycles. The maximum Gasteiger partial charge on any atom is 0.255 e. The Labute approximate surface area is 171 Å². The molecule has 0 radical (unpaired) electrons. The highest BCUT2D eigenvalue weighted by Crippen LogP contribution is 2.32. The Bertz CT molecular complexity index is 1110. The average Bonchev–Trinajstić information content (AvgIpc) is 3.35. The molecule has 0 saturated carbocycles. The van der Waals surface area contributed by atoms with Crippen LogP contribution >= 0.6 is 11.3 Å². The molecule has 4 rings (SSSR count). The molecule has 0 atom stereocenters. The van der Waals surface area contributed by atoms with Crippen LogP contribution in [0.1, 0.15) is 23.7 Å². The van der Waals surface area contributed by atoms with Crippen LogP contribution in [0.2, 0.25) is 0 Å². The van der Waals surface area contributed by atoms with Crippen molar-refractivity contribution in [1.82, 2.24) is 19.8 Å².